The molecule has 2 heteroatoms. The van der Waals surface area contributed by atoms with Gasteiger partial charge in [-0.05, 0) is 12.8 Å². The number of rotatable bonds is 3. The first-order valence-corrected chi connectivity index (χ1v) is 3.82. The second-order valence-corrected chi connectivity index (χ2v) is 2.43. The number of nitrogens with zero attached hydrogens (tertiary/aromatic N) is 2. The van der Waals surface area contributed by atoms with Crippen LogP contribution in [0.25, 0.3) is 0 Å². The molecule has 0 aromatic rings. The Bertz CT molecular complexity index is 155. The van der Waals surface area contributed by atoms with E-state index < -0.39 is 0 Å². The summed E-state index contributed by atoms with van der Waals surface area (Å²) in [5.41, 5.74) is 0. The van der Waals surface area contributed by atoms with Crippen LogP contribution in [0.3, 0.4) is 0 Å². The van der Waals surface area contributed by atoms with E-state index >= 15 is 0 Å². The van der Waals surface area contributed by atoms with Gasteiger partial charge in [0.2, 0.25) is 0 Å². The second kappa shape index (κ2) is 3.40. The molecule has 0 saturated heterocycles. The van der Waals surface area contributed by atoms with Gasteiger partial charge in [0, 0.05) is 18.3 Å². The molecule has 0 N–H and O–H groups in total. The molecule has 1 aliphatic heterocycles. The van der Waals surface area contributed by atoms with Crippen LogP contribution in [0.1, 0.15) is 26.7 Å². The first kappa shape index (κ1) is 7.32. The van der Waals surface area contributed by atoms with Crippen molar-refractivity contribution in [2.24, 2.45) is 10.9 Å². The Morgan fingerprint density at radius 2 is 2.00 bits per heavy atom. The topological polar surface area (TPSA) is 26.5 Å². The van der Waals surface area contributed by atoms with Gasteiger partial charge in [-0.1, -0.05) is 13.8 Å². The summed E-state index contributed by atoms with van der Waals surface area (Å²) in [6.07, 6.45) is 5.79. The molecule has 2 nitrogen and oxygen atoms in total. The normalized spacial score (nSPS) is 15.7. The van der Waals surface area contributed by atoms with Gasteiger partial charge in [0.25, 0.3) is 0 Å². The molecule has 0 saturated carbocycles. The predicted octanol–water partition coefficient (Wildman–Crippen LogP) is 1.91. The van der Waals surface area contributed by atoms with Gasteiger partial charge in [-0.2, -0.15) is 0 Å². The van der Waals surface area contributed by atoms with Crippen molar-refractivity contribution in [3.05, 3.63) is 12.4 Å². The number of amidine groups is 1. The molecule has 0 aromatic heterocycles. The zero-order valence-corrected chi connectivity index (χ0v) is 6.54. The molecule has 0 spiro atoms. The van der Waals surface area contributed by atoms with Crippen LogP contribution in [-0.2, 0) is 0 Å². The van der Waals surface area contributed by atoms with E-state index in [4.69, 9.17) is 0 Å². The van der Waals surface area contributed by atoms with Crippen molar-refractivity contribution < 1.29 is 0 Å². The smallest absolute Gasteiger partial charge is 0.131 e. The molecular formula is C8H13N2. The summed E-state index contributed by atoms with van der Waals surface area (Å²) in [5.74, 6) is 1.57. The summed E-state index contributed by atoms with van der Waals surface area (Å²) >= 11 is 0. The molecule has 1 aliphatic rings. The molecule has 0 aromatic carbocycles. The van der Waals surface area contributed by atoms with Crippen molar-refractivity contribution in [1.29, 1.82) is 0 Å². The fourth-order valence-corrected chi connectivity index (χ4v) is 1.12. The van der Waals surface area contributed by atoms with Gasteiger partial charge in [0.05, 0.1) is 0 Å². The summed E-state index contributed by atoms with van der Waals surface area (Å²) in [7, 11) is 0. The lowest BCUT2D eigenvalue weighted by molar-refractivity contribution is 0.631. The third-order valence-electron chi connectivity index (χ3n) is 1.83. The highest BCUT2D eigenvalue weighted by atomic mass is 15.0. The van der Waals surface area contributed by atoms with E-state index in [1.807, 2.05) is 0 Å². The quantitative estimate of drug-likeness (QED) is 0.568. The molecule has 1 rings (SSSR count). The van der Waals surface area contributed by atoms with Crippen molar-refractivity contribution in [2.75, 3.05) is 0 Å². The fourth-order valence-electron chi connectivity index (χ4n) is 1.12. The Hall–Kier alpha value is -0.790. The van der Waals surface area contributed by atoms with Crippen LogP contribution >= 0.6 is 0 Å². The zero-order chi connectivity index (χ0) is 7.40. The van der Waals surface area contributed by atoms with Gasteiger partial charge in [-0.3, -0.25) is 0 Å². The van der Waals surface area contributed by atoms with Crippen LogP contribution in [0.15, 0.2) is 17.4 Å². The maximum atomic E-state index is 4.15. The zero-order valence-electron chi connectivity index (χ0n) is 6.54. The Balaban J connectivity index is 2.47. The van der Waals surface area contributed by atoms with E-state index in [0.717, 1.165) is 18.7 Å². The highest BCUT2D eigenvalue weighted by Crippen LogP contribution is 2.11. The van der Waals surface area contributed by atoms with Crippen LogP contribution in [0, 0.1) is 5.92 Å². The second-order valence-electron chi connectivity index (χ2n) is 2.43. The Kier molecular flexibility index (Phi) is 2.49. The molecule has 55 valence electrons. The Labute approximate surface area is 62.0 Å². The van der Waals surface area contributed by atoms with E-state index in [9.17, 15) is 0 Å². The summed E-state index contributed by atoms with van der Waals surface area (Å²) in [6, 6.07) is 0. The highest BCUT2D eigenvalue weighted by molar-refractivity contribution is 5.87. The minimum absolute atomic E-state index is 0.565. The molecule has 0 bridgehead atoms. The largest absolute Gasteiger partial charge is 0.240 e. The SMILES string of the molecule is CCC(CC)C1=NC=C[N]1. The molecule has 0 aliphatic carbocycles. The third-order valence-corrected chi connectivity index (χ3v) is 1.83. The standard InChI is InChI=1S/C8H13N2/c1-3-7(4-2)8-9-5-6-10-8/h5-7H,3-4H2,1-2H3. The van der Waals surface area contributed by atoms with E-state index in [1.54, 1.807) is 12.4 Å². The van der Waals surface area contributed by atoms with Gasteiger partial charge < -0.3 is 0 Å². The van der Waals surface area contributed by atoms with Gasteiger partial charge in [0.15, 0.2) is 0 Å². The van der Waals surface area contributed by atoms with Crippen molar-refractivity contribution >= 4 is 5.84 Å². The number of hydrogen-bond acceptors (Lipinski definition) is 1. The average Bonchev–Trinajstić information content (AvgIpc) is 2.43. The monoisotopic (exact) mass is 137 g/mol. The Morgan fingerprint density at radius 3 is 2.40 bits per heavy atom. The van der Waals surface area contributed by atoms with Crippen LogP contribution in [0.4, 0.5) is 0 Å². The maximum Gasteiger partial charge on any atom is 0.131 e. The van der Waals surface area contributed by atoms with E-state index in [1.165, 1.54) is 0 Å². The third kappa shape index (κ3) is 1.38. The van der Waals surface area contributed by atoms with Crippen LogP contribution < -0.4 is 5.32 Å². The molecule has 1 heterocycles. The molecule has 0 amide bonds. The summed E-state index contributed by atoms with van der Waals surface area (Å²) in [6.45, 7) is 4.34. The van der Waals surface area contributed by atoms with Gasteiger partial charge in [0.1, 0.15) is 5.84 Å². The molecule has 0 unspecified atom stereocenters. The van der Waals surface area contributed by atoms with Crippen LogP contribution in [-0.4, -0.2) is 5.84 Å². The number of aliphatic imine (C=N–C) groups is 1. The van der Waals surface area contributed by atoms with Crippen LogP contribution in [0.2, 0.25) is 0 Å². The van der Waals surface area contributed by atoms with E-state index in [-0.39, 0.29) is 0 Å². The van der Waals surface area contributed by atoms with Gasteiger partial charge in [-0.25, -0.2) is 10.3 Å². The Morgan fingerprint density at radius 1 is 1.30 bits per heavy atom. The van der Waals surface area contributed by atoms with Crippen molar-refractivity contribution in [1.82, 2.24) is 5.32 Å². The average molecular weight is 137 g/mol. The van der Waals surface area contributed by atoms with Crippen molar-refractivity contribution in [3.8, 4) is 0 Å². The van der Waals surface area contributed by atoms with Crippen molar-refractivity contribution in [2.45, 2.75) is 26.7 Å². The summed E-state index contributed by atoms with van der Waals surface area (Å²) < 4.78 is 0. The van der Waals surface area contributed by atoms with Crippen LogP contribution in [0.5, 0.6) is 0 Å². The fraction of sp³-hybridized carbons (Fsp3) is 0.625. The van der Waals surface area contributed by atoms with E-state index in [2.05, 4.69) is 24.2 Å². The molecule has 10 heavy (non-hydrogen) atoms. The summed E-state index contributed by atoms with van der Waals surface area (Å²) in [5, 5.41) is 4.15. The lowest BCUT2D eigenvalue weighted by Crippen LogP contribution is -2.18. The van der Waals surface area contributed by atoms with Gasteiger partial charge >= 0.3 is 0 Å². The molecule has 0 atom stereocenters. The lowest BCUT2D eigenvalue weighted by Gasteiger charge is -2.09. The van der Waals surface area contributed by atoms with E-state index in [0.29, 0.717) is 5.92 Å². The maximum absolute atomic E-state index is 4.15. The van der Waals surface area contributed by atoms with Gasteiger partial charge in [-0.15, -0.1) is 0 Å². The first-order chi connectivity index (χ1) is 4.88. The van der Waals surface area contributed by atoms with Crippen molar-refractivity contribution in [3.63, 3.8) is 0 Å². The predicted molar refractivity (Wildman–Crippen MR) is 42.8 cm³/mol. The first-order valence-electron chi connectivity index (χ1n) is 3.82. The molecule has 0 fully saturated rings. The lowest BCUT2D eigenvalue weighted by atomic mass is 10.0. The molecular weight excluding hydrogens is 124 g/mol. The molecule has 1 radical (unpaired) electrons. The summed E-state index contributed by atoms with van der Waals surface area (Å²) in [4.78, 5) is 4.15. The number of hydrogen-bond donors (Lipinski definition) is 0. The minimum Gasteiger partial charge on any atom is -0.240 e. The minimum atomic E-state index is 0.565. The highest BCUT2D eigenvalue weighted by Gasteiger charge is 2.13.